The number of nitrogens with one attached hydrogen (secondary N) is 2. The number of nitrogens with zero attached hydrogens (tertiary/aromatic N) is 2. The lowest BCUT2D eigenvalue weighted by Crippen LogP contribution is -2.57. The average Bonchev–Trinajstić information content (AvgIpc) is 3.40. The van der Waals surface area contributed by atoms with Crippen LogP contribution in [0.1, 0.15) is 44.5 Å². The molecule has 0 bridgehead atoms. The lowest BCUT2D eigenvalue weighted by atomic mass is 9.85. The fourth-order valence-electron chi connectivity index (χ4n) is 4.16. The van der Waals surface area contributed by atoms with Crippen LogP contribution >= 0.6 is 33.9 Å². The number of aryl methyl sites for hydroxylation is 1. The van der Waals surface area contributed by atoms with E-state index >= 15 is 0 Å². The number of aromatic nitrogens is 1. The minimum absolute atomic E-state index is 0.0369. The molecule has 1 aliphatic heterocycles. The molecule has 0 radical (unpaired) electrons. The molecule has 35 heavy (non-hydrogen) atoms. The minimum atomic E-state index is -0.971. The third kappa shape index (κ3) is 6.56. The van der Waals surface area contributed by atoms with E-state index in [2.05, 4.69) is 15.6 Å². The van der Waals surface area contributed by atoms with Crippen LogP contribution in [0.25, 0.3) is 10.4 Å². The molecule has 4 unspecified atom stereocenters. The van der Waals surface area contributed by atoms with Crippen LogP contribution in [-0.4, -0.2) is 62.1 Å². The maximum atomic E-state index is 14.0. The van der Waals surface area contributed by atoms with Gasteiger partial charge in [0.1, 0.15) is 18.8 Å². The summed E-state index contributed by atoms with van der Waals surface area (Å²) >= 11 is 3.08. The second-order valence-electron chi connectivity index (χ2n) is 9.72. The van der Waals surface area contributed by atoms with Crippen molar-refractivity contribution in [3.8, 4) is 10.4 Å². The van der Waals surface area contributed by atoms with Gasteiger partial charge >= 0.3 is 0 Å². The standard InChI is InChI=1S/C24H30FIN4O4S/c1-13-19(35-12-27-13)15-7-5-14(6-8-15)17(10-25)28-21(32)18-9-16(31)11-30(18)22(33)20(24(2,3)4)29-23(26)34/h5-8,12,16-18,20,31H,9-11H2,1-4H3,(H,28,32)(H,29,34). The van der Waals surface area contributed by atoms with Gasteiger partial charge in [-0.05, 0) is 23.5 Å². The number of likely N-dealkylation sites (tertiary alicyclic amines) is 1. The molecule has 8 nitrogen and oxygen atoms in total. The Hall–Kier alpha value is -2.12. The first kappa shape index (κ1) is 27.5. The van der Waals surface area contributed by atoms with Crippen LogP contribution in [0, 0.1) is 12.3 Å². The highest BCUT2D eigenvalue weighted by Crippen LogP contribution is 2.29. The molecule has 1 saturated heterocycles. The molecule has 3 amide bonds. The maximum absolute atomic E-state index is 14.0. The first-order chi connectivity index (χ1) is 16.4. The average molecular weight is 616 g/mol. The molecule has 1 aliphatic rings. The highest BCUT2D eigenvalue weighted by atomic mass is 127. The molecular formula is C24H30FIN4O4S. The number of hydrogen-bond acceptors (Lipinski definition) is 6. The summed E-state index contributed by atoms with van der Waals surface area (Å²) in [7, 11) is 0. The van der Waals surface area contributed by atoms with Crippen molar-refractivity contribution >= 4 is 49.7 Å². The fraction of sp³-hybridized carbons (Fsp3) is 0.500. The minimum Gasteiger partial charge on any atom is -0.391 e. The number of aliphatic hydroxyl groups is 1. The van der Waals surface area contributed by atoms with Crippen molar-refractivity contribution in [2.24, 2.45) is 5.41 Å². The van der Waals surface area contributed by atoms with Crippen LogP contribution in [0.4, 0.5) is 9.18 Å². The Morgan fingerprint density at radius 2 is 1.91 bits per heavy atom. The summed E-state index contributed by atoms with van der Waals surface area (Å²) in [6, 6.07) is 4.49. The summed E-state index contributed by atoms with van der Waals surface area (Å²) < 4.78 is 13.6. The van der Waals surface area contributed by atoms with E-state index in [1.807, 2.05) is 19.1 Å². The zero-order valence-electron chi connectivity index (χ0n) is 20.0. The fourth-order valence-corrected chi connectivity index (χ4v) is 5.28. The van der Waals surface area contributed by atoms with Gasteiger partial charge in [-0.1, -0.05) is 45.0 Å². The number of benzene rings is 1. The van der Waals surface area contributed by atoms with Crippen LogP contribution in [0.2, 0.25) is 0 Å². The van der Waals surface area contributed by atoms with Crippen molar-refractivity contribution in [1.29, 1.82) is 0 Å². The molecule has 0 spiro atoms. The van der Waals surface area contributed by atoms with Gasteiger partial charge in [0.2, 0.25) is 11.8 Å². The van der Waals surface area contributed by atoms with Crippen molar-refractivity contribution < 1.29 is 23.9 Å². The molecule has 2 heterocycles. The number of carbonyl (C=O) groups is 3. The van der Waals surface area contributed by atoms with E-state index in [9.17, 15) is 23.9 Å². The number of alkyl halides is 1. The number of halogens is 2. The highest BCUT2D eigenvalue weighted by molar-refractivity contribution is 14.1. The Balaban J connectivity index is 1.76. The zero-order chi connectivity index (χ0) is 25.9. The number of aliphatic hydroxyl groups excluding tert-OH is 1. The largest absolute Gasteiger partial charge is 0.391 e. The van der Waals surface area contributed by atoms with E-state index in [1.54, 1.807) is 61.0 Å². The molecule has 11 heteroatoms. The summed E-state index contributed by atoms with van der Waals surface area (Å²) in [6.45, 7) is 6.47. The molecule has 190 valence electrons. The molecule has 2 aromatic rings. The van der Waals surface area contributed by atoms with Crippen molar-refractivity contribution in [1.82, 2.24) is 20.5 Å². The van der Waals surface area contributed by atoms with E-state index in [1.165, 1.54) is 16.2 Å². The smallest absolute Gasteiger partial charge is 0.281 e. The molecule has 0 saturated carbocycles. The topological polar surface area (TPSA) is 112 Å². The Kier molecular flexibility index (Phi) is 8.86. The molecular weight excluding hydrogens is 586 g/mol. The molecule has 4 atom stereocenters. The van der Waals surface area contributed by atoms with Crippen LogP contribution in [0.3, 0.4) is 0 Å². The van der Waals surface area contributed by atoms with Gasteiger partial charge in [0, 0.05) is 35.6 Å². The van der Waals surface area contributed by atoms with Gasteiger partial charge < -0.3 is 20.6 Å². The number of carbonyl (C=O) groups excluding carboxylic acids is 3. The predicted molar refractivity (Wildman–Crippen MR) is 141 cm³/mol. The predicted octanol–water partition coefficient (Wildman–Crippen LogP) is 3.77. The molecule has 3 rings (SSSR count). The van der Waals surface area contributed by atoms with Crippen molar-refractivity contribution in [2.45, 2.75) is 58.3 Å². The van der Waals surface area contributed by atoms with E-state index in [-0.39, 0.29) is 13.0 Å². The molecule has 1 aromatic heterocycles. The third-order valence-electron chi connectivity index (χ3n) is 6.03. The van der Waals surface area contributed by atoms with Gasteiger partial charge in [-0.2, -0.15) is 0 Å². The van der Waals surface area contributed by atoms with Gasteiger partial charge in [0.05, 0.1) is 28.2 Å². The van der Waals surface area contributed by atoms with Crippen LogP contribution in [-0.2, 0) is 9.59 Å². The Morgan fingerprint density at radius 3 is 2.43 bits per heavy atom. The van der Waals surface area contributed by atoms with Crippen molar-refractivity contribution in [3.63, 3.8) is 0 Å². The first-order valence-electron chi connectivity index (χ1n) is 11.2. The van der Waals surface area contributed by atoms with E-state index in [0.29, 0.717) is 5.56 Å². The number of hydrogen-bond donors (Lipinski definition) is 3. The van der Waals surface area contributed by atoms with Gasteiger partial charge in [0.15, 0.2) is 0 Å². The number of β-amino-alcohol motifs (C(OH)–C–C–N with tert-alkyl or cyclic N) is 1. The van der Waals surface area contributed by atoms with Gasteiger partial charge in [-0.3, -0.25) is 14.4 Å². The number of thiazole rings is 1. The van der Waals surface area contributed by atoms with Crippen LogP contribution < -0.4 is 10.6 Å². The lowest BCUT2D eigenvalue weighted by Gasteiger charge is -2.35. The molecule has 3 N–H and O–H groups in total. The normalized spacial score (nSPS) is 19.8. The summed E-state index contributed by atoms with van der Waals surface area (Å²) in [4.78, 5) is 44.7. The SMILES string of the molecule is Cc1ncsc1-c1ccc(C(CF)NC(=O)C2CC(O)CN2C(=O)C(NC(=O)I)C(C)(C)C)cc1. The number of amides is 3. The van der Waals surface area contributed by atoms with E-state index < -0.39 is 52.0 Å². The quantitative estimate of drug-likeness (QED) is 0.249. The first-order valence-corrected chi connectivity index (χ1v) is 13.2. The third-order valence-corrected chi connectivity index (χ3v) is 7.32. The second kappa shape index (κ2) is 11.3. The Labute approximate surface area is 221 Å². The monoisotopic (exact) mass is 616 g/mol. The maximum Gasteiger partial charge on any atom is 0.281 e. The van der Waals surface area contributed by atoms with Crippen LogP contribution in [0.5, 0.6) is 0 Å². The van der Waals surface area contributed by atoms with Crippen molar-refractivity contribution in [2.75, 3.05) is 13.2 Å². The van der Waals surface area contributed by atoms with Gasteiger partial charge in [-0.25, -0.2) is 9.37 Å². The molecule has 1 aromatic carbocycles. The summed E-state index contributed by atoms with van der Waals surface area (Å²) in [5.41, 5.74) is 3.61. The van der Waals surface area contributed by atoms with Crippen molar-refractivity contribution in [3.05, 3.63) is 41.0 Å². The van der Waals surface area contributed by atoms with Crippen LogP contribution in [0.15, 0.2) is 29.8 Å². The lowest BCUT2D eigenvalue weighted by molar-refractivity contribution is -0.142. The summed E-state index contributed by atoms with van der Waals surface area (Å²) in [5, 5.41) is 15.6. The zero-order valence-corrected chi connectivity index (χ0v) is 23.0. The summed E-state index contributed by atoms with van der Waals surface area (Å²) in [5.74, 6) is -1.01. The highest BCUT2D eigenvalue weighted by Gasteiger charge is 2.44. The molecule has 1 fully saturated rings. The van der Waals surface area contributed by atoms with E-state index in [0.717, 1.165) is 16.1 Å². The van der Waals surface area contributed by atoms with Gasteiger partial charge in [0.25, 0.3) is 3.91 Å². The van der Waals surface area contributed by atoms with E-state index in [4.69, 9.17) is 0 Å². The Morgan fingerprint density at radius 1 is 1.26 bits per heavy atom. The van der Waals surface area contributed by atoms with Gasteiger partial charge in [-0.15, -0.1) is 11.3 Å². The molecule has 0 aliphatic carbocycles. The number of rotatable bonds is 7. The second-order valence-corrected chi connectivity index (χ2v) is 11.6. The summed E-state index contributed by atoms with van der Waals surface area (Å²) in [6.07, 6.45) is -0.855. The Bertz CT molecular complexity index is 1070.